The number of anilines is 1. The van der Waals surface area contributed by atoms with E-state index in [0.29, 0.717) is 0 Å². The van der Waals surface area contributed by atoms with E-state index in [0.717, 1.165) is 11.3 Å². The van der Waals surface area contributed by atoms with Crippen molar-refractivity contribution in [2.75, 3.05) is 5.73 Å². The van der Waals surface area contributed by atoms with Crippen molar-refractivity contribution in [1.82, 2.24) is 0 Å². The molecule has 0 heterocycles. The first-order valence-corrected chi connectivity index (χ1v) is 5.51. The van der Waals surface area contributed by atoms with Gasteiger partial charge in [0.2, 0.25) is 0 Å². The van der Waals surface area contributed by atoms with Crippen LogP contribution in [0.3, 0.4) is 0 Å². The molecule has 0 saturated carbocycles. The third-order valence-electron chi connectivity index (χ3n) is 3.03. The molecule has 1 nitrogen and oxygen atoms in total. The molecule has 1 heteroatoms. The van der Waals surface area contributed by atoms with Crippen LogP contribution >= 0.6 is 0 Å². The Kier molecular flexibility index (Phi) is 2.69. The summed E-state index contributed by atoms with van der Waals surface area (Å²) in [6.07, 6.45) is 0. The van der Waals surface area contributed by atoms with Gasteiger partial charge in [-0.25, -0.2) is 0 Å². The SMILES string of the molecule is Cc1ccc(N)c(-c2ccc(C)c(C)c2)c1. The van der Waals surface area contributed by atoms with Crippen molar-refractivity contribution in [2.45, 2.75) is 20.8 Å². The molecule has 0 atom stereocenters. The maximum absolute atomic E-state index is 6.01. The summed E-state index contributed by atoms with van der Waals surface area (Å²) in [5.41, 5.74) is 13.0. The summed E-state index contributed by atoms with van der Waals surface area (Å²) in [6.45, 7) is 6.34. The summed E-state index contributed by atoms with van der Waals surface area (Å²) >= 11 is 0. The van der Waals surface area contributed by atoms with Crippen LogP contribution in [0.15, 0.2) is 36.4 Å². The van der Waals surface area contributed by atoms with E-state index in [1.165, 1.54) is 22.3 Å². The summed E-state index contributed by atoms with van der Waals surface area (Å²) in [5.74, 6) is 0. The second kappa shape index (κ2) is 4.01. The number of benzene rings is 2. The lowest BCUT2D eigenvalue weighted by molar-refractivity contribution is 1.34. The summed E-state index contributed by atoms with van der Waals surface area (Å²) in [4.78, 5) is 0. The van der Waals surface area contributed by atoms with Crippen molar-refractivity contribution in [3.63, 3.8) is 0 Å². The van der Waals surface area contributed by atoms with Crippen molar-refractivity contribution in [3.8, 4) is 11.1 Å². The molecule has 2 aromatic rings. The van der Waals surface area contributed by atoms with Gasteiger partial charge >= 0.3 is 0 Å². The Bertz CT molecular complexity index is 527. The van der Waals surface area contributed by atoms with E-state index in [-0.39, 0.29) is 0 Å². The molecule has 0 aliphatic rings. The summed E-state index contributed by atoms with van der Waals surface area (Å²) in [6, 6.07) is 12.6. The molecule has 0 amide bonds. The molecular weight excluding hydrogens is 194 g/mol. The van der Waals surface area contributed by atoms with Gasteiger partial charge < -0.3 is 5.73 Å². The van der Waals surface area contributed by atoms with E-state index in [1.807, 2.05) is 12.1 Å². The number of nitrogens with two attached hydrogens (primary N) is 1. The van der Waals surface area contributed by atoms with Crippen molar-refractivity contribution in [1.29, 1.82) is 0 Å². The first kappa shape index (κ1) is 10.7. The molecule has 0 aromatic heterocycles. The monoisotopic (exact) mass is 211 g/mol. The maximum atomic E-state index is 6.01. The van der Waals surface area contributed by atoms with E-state index >= 15 is 0 Å². The van der Waals surface area contributed by atoms with Gasteiger partial charge in [0.15, 0.2) is 0 Å². The lowest BCUT2D eigenvalue weighted by atomic mass is 9.98. The molecule has 0 aliphatic heterocycles. The molecule has 0 aliphatic carbocycles. The van der Waals surface area contributed by atoms with Gasteiger partial charge in [0.1, 0.15) is 0 Å². The van der Waals surface area contributed by atoms with E-state index < -0.39 is 0 Å². The lowest BCUT2D eigenvalue weighted by Gasteiger charge is -2.09. The quantitative estimate of drug-likeness (QED) is 0.712. The molecular formula is C15H17N. The molecule has 2 rings (SSSR count). The van der Waals surface area contributed by atoms with Crippen molar-refractivity contribution in [2.24, 2.45) is 0 Å². The molecule has 0 bridgehead atoms. The predicted octanol–water partition coefficient (Wildman–Crippen LogP) is 3.86. The highest BCUT2D eigenvalue weighted by molar-refractivity contribution is 5.77. The van der Waals surface area contributed by atoms with Gasteiger partial charge in [-0.05, 0) is 49.6 Å². The van der Waals surface area contributed by atoms with E-state index in [9.17, 15) is 0 Å². The lowest BCUT2D eigenvalue weighted by Crippen LogP contribution is -1.91. The Morgan fingerprint density at radius 2 is 1.56 bits per heavy atom. The Morgan fingerprint density at radius 3 is 2.25 bits per heavy atom. The largest absolute Gasteiger partial charge is 0.398 e. The third-order valence-corrected chi connectivity index (χ3v) is 3.03. The first-order valence-electron chi connectivity index (χ1n) is 5.51. The number of hydrogen-bond donors (Lipinski definition) is 1. The molecule has 2 N–H and O–H groups in total. The zero-order valence-electron chi connectivity index (χ0n) is 10.0. The maximum Gasteiger partial charge on any atom is 0.0393 e. The molecule has 16 heavy (non-hydrogen) atoms. The molecule has 82 valence electrons. The predicted molar refractivity (Wildman–Crippen MR) is 70.5 cm³/mol. The van der Waals surface area contributed by atoms with Crippen LogP contribution in [-0.4, -0.2) is 0 Å². The fourth-order valence-corrected chi connectivity index (χ4v) is 1.83. The third kappa shape index (κ3) is 1.94. The number of nitrogen functional groups attached to an aromatic ring is 1. The molecule has 0 fully saturated rings. The molecule has 0 saturated heterocycles. The van der Waals surface area contributed by atoms with Crippen LogP contribution in [0, 0.1) is 20.8 Å². The normalized spacial score (nSPS) is 10.4. The van der Waals surface area contributed by atoms with Crippen LogP contribution in [0.5, 0.6) is 0 Å². The van der Waals surface area contributed by atoms with Crippen molar-refractivity contribution >= 4 is 5.69 Å². The minimum absolute atomic E-state index is 0.842. The zero-order valence-corrected chi connectivity index (χ0v) is 10.0. The summed E-state index contributed by atoms with van der Waals surface area (Å²) < 4.78 is 0. The second-order valence-electron chi connectivity index (χ2n) is 4.39. The average molecular weight is 211 g/mol. The summed E-state index contributed by atoms with van der Waals surface area (Å²) in [7, 11) is 0. The first-order chi connectivity index (χ1) is 7.58. The van der Waals surface area contributed by atoms with E-state index in [1.54, 1.807) is 0 Å². The molecule has 0 radical (unpaired) electrons. The molecule has 2 aromatic carbocycles. The minimum Gasteiger partial charge on any atom is -0.398 e. The molecule has 0 unspecified atom stereocenters. The number of aryl methyl sites for hydroxylation is 3. The van der Waals surface area contributed by atoms with Crippen molar-refractivity contribution < 1.29 is 0 Å². The highest BCUT2D eigenvalue weighted by Gasteiger charge is 2.03. The van der Waals surface area contributed by atoms with Gasteiger partial charge in [-0.1, -0.05) is 29.8 Å². The topological polar surface area (TPSA) is 26.0 Å². The minimum atomic E-state index is 0.842. The van der Waals surface area contributed by atoms with Gasteiger partial charge in [-0.2, -0.15) is 0 Å². The average Bonchev–Trinajstić information content (AvgIpc) is 2.26. The summed E-state index contributed by atoms with van der Waals surface area (Å²) in [5, 5.41) is 0. The van der Waals surface area contributed by atoms with E-state index in [4.69, 9.17) is 5.73 Å². The Morgan fingerprint density at radius 1 is 0.812 bits per heavy atom. The van der Waals surface area contributed by atoms with Crippen LogP contribution in [-0.2, 0) is 0 Å². The van der Waals surface area contributed by atoms with Gasteiger partial charge in [0, 0.05) is 11.3 Å². The smallest absolute Gasteiger partial charge is 0.0393 e. The Labute approximate surface area is 96.9 Å². The van der Waals surface area contributed by atoms with Crippen LogP contribution in [0.4, 0.5) is 5.69 Å². The van der Waals surface area contributed by atoms with Gasteiger partial charge in [-0.15, -0.1) is 0 Å². The van der Waals surface area contributed by atoms with Crippen LogP contribution in [0.25, 0.3) is 11.1 Å². The Hall–Kier alpha value is -1.76. The highest BCUT2D eigenvalue weighted by Crippen LogP contribution is 2.28. The standard InChI is InChI=1S/C15H17N/c1-10-4-7-15(16)14(8-10)13-6-5-11(2)12(3)9-13/h4-9H,16H2,1-3H3. The van der Waals surface area contributed by atoms with Crippen LogP contribution in [0.2, 0.25) is 0 Å². The zero-order chi connectivity index (χ0) is 11.7. The second-order valence-corrected chi connectivity index (χ2v) is 4.39. The van der Waals surface area contributed by atoms with Crippen LogP contribution in [0.1, 0.15) is 16.7 Å². The fraction of sp³-hybridized carbons (Fsp3) is 0.200. The number of rotatable bonds is 1. The van der Waals surface area contributed by atoms with Crippen LogP contribution < -0.4 is 5.73 Å². The highest BCUT2D eigenvalue weighted by atomic mass is 14.6. The number of hydrogen-bond acceptors (Lipinski definition) is 1. The molecule has 0 spiro atoms. The van der Waals surface area contributed by atoms with Gasteiger partial charge in [-0.3, -0.25) is 0 Å². The fourth-order valence-electron chi connectivity index (χ4n) is 1.83. The Balaban J connectivity index is 2.58. The van der Waals surface area contributed by atoms with Gasteiger partial charge in [0.05, 0.1) is 0 Å². The van der Waals surface area contributed by atoms with E-state index in [2.05, 4.69) is 45.0 Å². The van der Waals surface area contributed by atoms with Crippen molar-refractivity contribution in [3.05, 3.63) is 53.1 Å². The van der Waals surface area contributed by atoms with Gasteiger partial charge in [0.25, 0.3) is 0 Å².